The van der Waals surface area contributed by atoms with Gasteiger partial charge in [0.05, 0.1) is 35.8 Å². The van der Waals surface area contributed by atoms with Crippen molar-refractivity contribution < 1.29 is 13.9 Å². The van der Waals surface area contributed by atoms with Crippen LogP contribution >= 0.6 is 11.8 Å². The lowest BCUT2D eigenvalue weighted by Crippen LogP contribution is -2.33. The fourth-order valence-corrected chi connectivity index (χ4v) is 4.74. The van der Waals surface area contributed by atoms with Crippen LogP contribution in [0.3, 0.4) is 0 Å². The first-order valence-corrected chi connectivity index (χ1v) is 11.8. The molecule has 3 atom stereocenters. The van der Waals surface area contributed by atoms with Crippen LogP contribution in [0.5, 0.6) is 0 Å². The molecule has 1 aliphatic rings. The number of nitrogens with one attached hydrogen (secondary N) is 1. The van der Waals surface area contributed by atoms with Crippen molar-refractivity contribution >= 4 is 17.7 Å². The molecule has 0 unspecified atom stereocenters. The van der Waals surface area contributed by atoms with E-state index in [4.69, 9.17) is 4.74 Å². The third kappa shape index (κ3) is 5.40. The van der Waals surface area contributed by atoms with Crippen molar-refractivity contribution in [3.05, 3.63) is 72.2 Å². The van der Waals surface area contributed by atoms with Gasteiger partial charge in [0.1, 0.15) is 5.82 Å². The highest BCUT2D eigenvalue weighted by Crippen LogP contribution is 2.30. The number of carbonyl (C=O) groups excluding carboxylic acids is 1. The summed E-state index contributed by atoms with van der Waals surface area (Å²) in [7, 11) is 0. The third-order valence-corrected chi connectivity index (χ3v) is 6.78. The SMILES string of the molecule is C[C@H](Sc1ncc(-c2ccccc2)n1C[C@H]1CCCO1)C(=O)N[C@H](C)c1ccc(F)cc1. The third-order valence-electron chi connectivity index (χ3n) is 5.68. The number of hydrogen-bond acceptors (Lipinski definition) is 4. The Kier molecular flexibility index (Phi) is 7.27. The highest BCUT2D eigenvalue weighted by atomic mass is 32.2. The van der Waals surface area contributed by atoms with E-state index < -0.39 is 0 Å². The van der Waals surface area contributed by atoms with E-state index in [1.807, 2.05) is 38.2 Å². The van der Waals surface area contributed by atoms with E-state index in [0.29, 0.717) is 6.54 Å². The Bertz CT molecular complexity index is 1030. The van der Waals surface area contributed by atoms with E-state index in [2.05, 4.69) is 27.0 Å². The number of thioether (sulfide) groups is 1. The molecule has 32 heavy (non-hydrogen) atoms. The van der Waals surface area contributed by atoms with Gasteiger partial charge in [0, 0.05) is 6.61 Å². The molecule has 0 radical (unpaired) electrons. The van der Waals surface area contributed by atoms with Crippen LogP contribution in [-0.4, -0.2) is 33.4 Å². The van der Waals surface area contributed by atoms with E-state index in [-0.39, 0.29) is 29.1 Å². The van der Waals surface area contributed by atoms with Crippen LogP contribution in [0.2, 0.25) is 0 Å². The maximum Gasteiger partial charge on any atom is 0.233 e. The Hall–Kier alpha value is -2.64. The van der Waals surface area contributed by atoms with E-state index in [9.17, 15) is 9.18 Å². The first kappa shape index (κ1) is 22.6. The van der Waals surface area contributed by atoms with Gasteiger partial charge in [-0.05, 0) is 49.9 Å². The Labute approximate surface area is 192 Å². The van der Waals surface area contributed by atoms with Gasteiger partial charge in [-0.15, -0.1) is 0 Å². The van der Waals surface area contributed by atoms with Crippen LogP contribution < -0.4 is 5.32 Å². The van der Waals surface area contributed by atoms with Gasteiger partial charge in [-0.2, -0.15) is 0 Å². The topological polar surface area (TPSA) is 56.2 Å². The molecule has 1 amide bonds. The fraction of sp³-hybridized carbons (Fsp3) is 0.360. The van der Waals surface area contributed by atoms with E-state index in [0.717, 1.165) is 41.4 Å². The average molecular weight is 454 g/mol. The molecule has 4 rings (SSSR count). The molecular weight excluding hydrogens is 425 g/mol. The first-order chi connectivity index (χ1) is 15.5. The zero-order valence-corrected chi connectivity index (χ0v) is 19.1. The van der Waals surface area contributed by atoms with Crippen LogP contribution in [0.4, 0.5) is 4.39 Å². The molecule has 3 aromatic rings. The smallest absolute Gasteiger partial charge is 0.233 e. The van der Waals surface area contributed by atoms with Crippen LogP contribution in [0.1, 0.15) is 38.3 Å². The zero-order chi connectivity index (χ0) is 22.5. The van der Waals surface area contributed by atoms with E-state index in [1.54, 1.807) is 12.1 Å². The van der Waals surface area contributed by atoms with E-state index in [1.165, 1.54) is 23.9 Å². The summed E-state index contributed by atoms with van der Waals surface area (Å²) >= 11 is 1.44. The molecule has 1 N–H and O–H groups in total. The molecular formula is C25H28FN3O2S. The molecule has 1 saturated heterocycles. The lowest BCUT2D eigenvalue weighted by atomic mass is 10.1. The van der Waals surface area contributed by atoms with Crippen molar-refractivity contribution in [2.24, 2.45) is 0 Å². The Morgan fingerprint density at radius 3 is 2.66 bits per heavy atom. The largest absolute Gasteiger partial charge is 0.376 e. The number of ether oxygens (including phenoxy) is 1. The van der Waals surface area contributed by atoms with Crippen molar-refractivity contribution in [3.63, 3.8) is 0 Å². The minimum Gasteiger partial charge on any atom is -0.376 e. The number of benzene rings is 2. The number of aromatic nitrogens is 2. The van der Waals surface area contributed by atoms with E-state index >= 15 is 0 Å². The van der Waals surface area contributed by atoms with Crippen molar-refractivity contribution in [1.29, 1.82) is 0 Å². The lowest BCUT2D eigenvalue weighted by molar-refractivity contribution is -0.120. The Balaban J connectivity index is 1.49. The maximum atomic E-state index is 13.2. The average Bonchev–Trinajstić information content (AvgIpc) is 3.45. The molecule has 2 aromatic carbocycles. The minimum atomic E-state index is -0.341. The van der Waals surface area contributed by atoms with Gasteiger partial charge in [-0.25, -0.2) is 9.37 Å². The highest BCUT2D eigenvalue weighted by molar-refractivity contribution is 8.00. The van der Waals surface area contributed by atoms with Gasteiger partial charge >= 0.3 is 0 Å². The number of hydrogen-bond donors (Lipinski definition) is 1. The van der Waals surface area contributed by atoms with Crippen molar-refractivity contribution in [1.82, 2.24) is 14.9 Å². The molecule has 1 aliphatic heterocycles. The van der Waals surface area contributed by atoms with Crippen LogP contribution in [-0.2, 0) is 16.1 Å². The van der Waals surface area contributed by atoms with Crippen molar-refractivity contribution in [2.45, 2.75) is 55.8 Å². The summed E-state index contributed by atoms with van der Waals surface area (Å²) in [6, 6.07) is 16.1. The van der Waals surface area contributed by atoms with Crippen molar-refractivity contribution in [2.75, 3.05) is 6.61 Å². The van der Waals surface area contributed by atoms with Gasteiger partial charge in [-0.3, -0.25) is 4.79 Å². The van der Waals surface area contributed by atoms with Gasteiger partial charge in [0.25, 0.3) is 0 Å². The molecule has 2 heterocycles. The second kappa shape index (κ2) is 10.3. The molecule has 0 bridgehead atoms. The second-order valence-electron chi connectivity index (χ2n) is 8.08. The Morgan fingerprint density at radius 2 is 1.97 bits per heavy atom. The molecule has 168 valence electrons. The quantitative estimate of drug-likeness (QED) is 0.475. The van der Waals surface area contributed by atoms with Gasteiger partial charge in [-0.1, -0.05) is 54.2 Å². The Morgan fingerprint density at radius 1 is 1.22 bits per heavy atom. The van der Waals surface area contributed by atoms with Crippen LogP contribution in [0.15, 0.2) is 66.0 Å². The second-order valence-corrected chi connectivity index (χ2v) is 9.39. The zero-order valence-electron chi connectivity index (χ0n) is 18.3. The number of rotatable bonds is 8. The minimum absolute atomic E-state index is 0.0836. The first-order valence-electron chi connectivity index (χ1n) is 11.0. The summed E-state index contributed by atoms with van der Waals surface area (Å²) in [5, 5.41) is 3.48. The number of carbonyl (C=O) groups is 1. The number of amides is 1. The summed E-state index contributed by atoms with van der Waals surface area (Å²) < 4.78 is 21.2. The molecule has 0 aliphatic carbocycles. The molecule has 5 nitrogen and oxygen atoms in total. The van der Waals surface area contributed by atoms with Gasteiger partial charge < -0.3 is 14.6 Å². The molecule has 7 heteroatoms. The monoisotopic (exact) mass is 453 g/mol. The molecule has 1 fully saturated rings. The predicted molar refractivity (Wildman–Crippen MR) is 125 cm³/mol. The standard InChI is InChI=1S/C25H28FN3O2S/c1-17(19-10-12-21(26)13-11-19)28-24(30)18(2)32-25-27-15-23(20-7-4-3-5-8-20)29(25)16-22-9-6-14-31-22/h3-5,7-8,10-13,15,17-18,22H,6,9,14,16H2,1-2H3,(H,28,30)/t17-,18+,22-/m1/s1. The molecule has 0 spiro atoms. The molecule has 1 aromatic heterocycles. The summed E-state index contributed by atoms with van der Waals surface area (Å²) in [6.45, 7) is 5.29. The lowest BCUT2D eigenvalue weighted by Gasteiger charge is -2.19. The fourth-order valence-electron chi connectivity index (χ4n) is 3.84. The van der Waals surface area contributed by atoms with Crippen molar-refractivity contribution in [3.8, 4) is 11.3 Å². The normalized spacial score (nSPS) is 17.8. The van der Waals surface area contributed by atoms with Crippen LogP contribution in [0.25, 0.3) is 11.3 Å². The highest BCUT2D eigenvalue weighted by Gasteiger charge is 2.24. The van der Waals surface area contributed by atoms with Gasteiger partial charge in [0.15, 0.2) is 5.16 Å². The summed E-state index contributed by atoms with van der Waals surface area (Å²) in [4.78, 5) is 17.5. The van der Waals surface area contributed by atoms with Crippen LogP contribution in [0, 0.1) is 5.82 Å². The number of imidazole rings is 1. The predicted octanol–water partition coefficient (Wildman–Crippen LogP) is 5.23. The number of halogens is 1. The summed E-state index contributed by atoms with van der Waals surface area (Å²) in [5.41, 5.74) is 2.98. The summed E-state index contributed by atoms with van der Waals surface area (Å²) in [5.74, 6) is -0.372. The molecule has 0 saturated carbocycles. The van der Waals surface area contributed by atoms with Gasteiger partial charge in [0.2, 0.25) is 5.91 Å². The summed E-state index contributed by atoms with van der Waals surface area (Å²) in [6.07, 6.45) is 4.14. The maximum absolute atomic E-state index is 13.2. The number of nitrogens with zero attached hydrogens (tertiary/aromatic N) is 2.